The van der Waals surface area contributed by atoms with Crippen molar-refractivity contribution in [2.75, 3.05) is 14.2 Å². The standard InChI is InChI=1S/C25H25NO6/c1-30-24(28)20-18-13-19(32-15-17-11-7-4-8-12-17)22(21(20)25(29)31-2)26(23(18)27)14-16-9-5-3-6-10-16/h3-13,18,20-22H,14-15H2,1-2H3/t18-,20+,21-,22+/m1/s1. The SMILES string of the molecule is COC(=O)[C@@H]1[C@@H](C(=O)OC)[C@@H]2C(OCc3ccccc3)=C[C@H]1C(=O)N2Cc1ccccc1. The average molecular weight is 435 g/mol. The number of benzene rings is 2. The van der Waals surface area contributed by atoms with Crippen molar-refractivity contribution < 1.29 is 28.6 Å². The van der Waals surface area contributed by atoms with Crippen LogP contribution in [-0.2, 0) is 41.7 Å². The summed E-state index contributed by atoms with van der Waals surface area (Å²) in [7, 11) is 2.53. The van der Waals surface area contributed by atoms with Crippen LogP contribution in [0.4, 0.5) is 0 Å². The second-order valence-corrected chi connectivity index (χ2v) is 7.86. The molecule has 0 aromatic heterocycles. The maximum Gasteiger partial charge on any atom is 0.312 e. The van der Waals surface area contributed by atoms with Crippen LogP contribution in [0.3, 0.4) is 0 Å². The largest absolute Gasteiger partial charge is 0.491 e. The van der Waals surface area contributed by atoms with Gasteiger partial charge in [0.2, 0.25) is 5.91 Å². The number of amides is 1. The quantitative estimate of drug-likeness (QED) is 0.622. The maximum atomic E-state index is 13.4. The third kappa shape index (κ3) is 3.98. The van der Waals surface area contributed by atoms with Crippen molar-refractivity contribution in [3.8, 4) is 0 Å². The highest BCUT2D eigenvalue weighted by Crippen LogP contribution is 2.45. The number of carbonyl (C=O) groups excluding carboxylic acids is 3. The highest BCUT2D eigenvalue weighted by molar-refractivity contribution is 5.95. The lowest BCUT2D eigenvalue weighted by molar-refractivity contribution is -0.176. The van der Waals surface area contributed by atoms with Gasteiger partial charge in [-0.3, -0.25) is 14.4 Å². The number of carbonyl (C=O) groups is 3. The molecular formula is C25H25NO6. The summed E-state index contributed by atoms with van der Waals surface area (Å²) in [5, 5.41) is 0. The molecule has 4 atom stereocenters. The van der Waals surface area contributed by atoms with E-state index in [9.17, 15) is 14.4 Å². The molecule has 0 radical (unpaired) electrons. The molecule has 0 unspecified atom stereocenters. The van der Waals surface area contributed by atoms with Gasteiger partial charge in [-0.25, -0.2) is 0 Å². The minimum atomic E-state index is -0.957. The van der Waals surface area contributed by atoms with Crippen LogP contribution >= 0.6 is 0 Å². The molecule has 1 saturated heterocycles. The maximum absolute atomic E-state index is 13.4. The van der Waals surface area contributed by atoms with Crippen LogP contribution in [0.2, 0.25) is 0 Å². The van der Waals surface area contributed by atoms with Crippen LogP contribution in [0.15, 0.2) is 72.5 Å². The Balaban J connectivity index is 1.72. The van der Waals surface area contributed by atoms with Gasteiger partial charge in [0.1, 0.15) is 18.4 Å². The first kappa shape index (κ1) is 21.6. The highest BCUT2D eigenvalue weighted by atomic mass is 16.5. The molecule has 7 heteroatoms. The molecule has 2 bridgehead atoms. The van der Waals surface area contributed by atoms with Crippen LogP contribution in [0, 0.1) is 17.8 Å². The zero-order chi connectivity index (χ0) is 22.7. The predicted octanol–water partition coefficient (Wildman–Crippen LogP) is 2.71. The number of methoxy groups -OCH3 is 2. The molecule has 1 fully saturated rings. The first-order chi connectivity index (χ1) is 15.5. The summed E-state index contributed by atoms with van der Waals surface area (Å²) in [6.07, 6.45) is 1.67. The van der Waals surface area contributed by atoms with Crippen LogP contribution < -0.4 is 0 Å². The third-order valence-corrected chi connectivity index (χ3v) is 6.04. The normalized spacial score (nSPS) is 24.0. The summed E-state index contributed by atoms with van der Waals surface area (Å²) < 4.78 is 16.1. The first-order valence-corrected chi connectivity index (χ1v) is 10.4. The molecule has 32 heavy (non-hydrogen) atoms. The molecule has 166 valence electrons. The Hall–Kier alpha value is -3.61. The Bertz CT molecular complexity index is 1020. The Labute approximate surface area is 186 Å². The van der Waals surface area contributed by atoms with Gasteiger partial charge in [0.25, 0.3) is 0 Å². The highest BCUT2D eigenvalue weighted by Gasteiger charge is 2.59. The fraction of sp³-hybridized carbons (Fsp3) is 0.320. The Morgan fingerprint density at radius 1 is 0.844 bits per heavy atom. The molecule has 2 heterocycles. The topological polar surface area (TPSA) is 82.1 Å². The average Bonchev–Trinajstić information content (AvgIpc) is 2.84. The lowest BCUT2D eigenvalue weighted by atomic mass is 9.67. The monoisotopic (exact) mass is 435 g/mol. The predicted molar refractivity (Wildman–Crippen MR) is 115 cm³/mol. The number of hydrogen-bond donors (Lipinski definition) is 0. The van der Waals surface area contributed by atoms with Gasteiger partial charge in [-0.15, -0.1) is 0 Å². The van der Waals surface area contributed by atoms with Gasteiger partial charge < -0.3 is 19.1 Å². The van der Waals surface area contributed by atoms with Crippen molar-refractivity contribution in [1.82, 2.24) is 4.90 Å². The molecule has 7 nitrogen and oxygen atoms in total. The van der Waals surface area contributed by atoms with Gasteiger partial charge in [-0.05, 0) is 17.2 Å². The Morgan fingerprint density at radius 3 is 2.00 bits per heavy atom. The molecule has 5 rings (SSSR count). The smallest absolute Gasteiger partial charge is 0.312 e. The van der Waals surface area contributed by atoms with Gasteiger partial charge in [-0.1, -0.05) is 60.7 Å². The summed E-state index contributed by atoms with van der Waals surface area (Å²) in [5.41, 5.74) is 1.86. The van der Waals surface area contributed by atoms with Crippen LogP contribution in [0.1, 0.15) is 11.1 Å². The van der Waals surface area contributed by atoms with Gasteiger partial charge >= 0.3 is 11.9 Å². The molecular weight excluding hydrogens is 410 g/mol. The van der Waals surface area contributed by atoms with E-state index in [1.165, 1.54) is 14.2 Å². The van der Waals surface area contributed by atoms with E-state index in [2.05, 4.69) is 0 Å². The molecule has 0 N–H and O–H groups in total. The van der Waals surface area contributed by atoms with Crippen molar-refractivity contribution in [3.05, 3.63) is 83.6 Å². The zero-order valence-corrected chi connectivity index (χ0v) is 18.0. The number of nitrogens with zero attached hydrogens (tertiary/aromatic N) is 1. The minimum Gasteiger partial charge on any atom is -0.491 e. The fourth-order valence-corrected chi connectivity index (χ4v) is 4.55. The van der Waals surface area contributed by atoms with E-state index >= 15 is 0 Å². The van der Waals surface area contributed by atoms with E-state index < -0.39 is 35.7 Å². The molecule has 2 aromatic carbocycles. The van der Waals surface area contributed by atoms with Gasteiger partial charge in [-0.2, -0.15) is 0 Å². The summed E-state index contributed by atoms with van der Waals surface area (Å²) in [6, 6.07) is 18.3. The van der Waals surface area contributed by atoms with E-state index in [0.29, 0.717) is 5.76 Å². The number of hydrogen-bond acceptors (Lipinski definition) is 6. The van der Waals surface area contributed by atoms with E-state index in [1.54, 1.807) is 11.0 Å². The molecule has 2 aliphatic heterocycles. The fourth-order valence-electron chi connectivity index (χ4n) is 4.55. The first-order valence-electron chi connectivity index (χ1n) is 10.4. The van der Waals surface area contributed by atoms with Gasteiger partial charge in [0.05, 0.1) is 32.0 Å². The zero-order valence-electron chi connectivity index (χ0n) is 18.0. The number of ether oxygens (including phenoxy) is 3. The van der Waals surface area contributed by atoms with Crippen molar-refractivity contribution in [2.45, 2.75) is 19.2 Å². The van der Waals surface area contributed by atoms with E-state index in [4.69, 9.17) is 14.2 Å². The number of piperidine rings is 1. The molecule has 1 aliphatic carbocycles. The minimum absolute atomic E-state index is 0.235. The molecule has 0 saturated carbocycles. The second kappa shape index (κ2) is 9.26. The van der Waals surface area contributed by atoms with Gasteiger partial charge in [0.15, 0.2) is 0 Å². The van der Waals surface area contributed by atoms with Crippen molar-refractivity contribution >= 4 is 17.8 Å². The van der Waals surface area contributed by atoms with Gasteiger partial charge in [0, 0.05) is 6.54 Å². The lowest BCUT2D eigenvalue weighted by Crippen LogP contribution is -2.63. The second-order valence-electron chi connectivity index (χ2n) is 7.86. The molecule has 2 aromatic rings. The van der Waals surface area contributed by atoms with Crippen LogP contribution in [0.25, 0.3) is 0 Å². The number of esters is 2. The van der Waals surface area contributed by atoms with Crippen molar-refractivity contribution in [2.24, 2.45) is 17.8 Å². The van der Waals surface area contributed by atoms with E-state index in [-0.39, 0.29) is 19.1 Å². The van der Waals surface area contributed by atoms with Crippen molar-refractivity contribution in [3.63, 3.8) is 0 Å². The number of rotatable bonds is 7. The molecule has 0 spiro atoms. The third-order valence-electron chi connectivity index (χ3n) is 6.04. The summed E-state index contributed by atoms with van der Waals surface area (Å²) in [5.74, 6) is -3.68. The summed E-state index contributed by atoms with van der Waals surface area (Å²) >= 11 is 0. The van der Waals surface area contributed by atoms with Crippen LogP contribution in [-0.4, -0.2) is 43.0 Å². The van der Waals surface area contributed by atoms with Crippen LogP contribution in [0.5, 0.6) is 0 Å². The Kier molecular flexibility index (Phi) is 6.25. The molecule has 1 amide bonds. The summed E-state index contributed by atoms with van der Waals surface area (Å²) in [6.45, 7) is 0.564. The lowest BCUT2D eigenvalue weighted by Gasteiger charge is -2.50. The Morgan fingerprint density at radius 2 is 1.41 bits per heavy atom. The molecule has 3 aliphatic rings. The number of fused-ring (bicyclic) bond motifs is 2. The summed E-state index contributed by atoms with van der Waals surface area (Å²) in [4.78, 5) is 40.5. The van der Waals surface area contributed by atoms with E-state index in [1.807, 2.05) is 60.7 Å². The van der Waals surface area contributed by atoms with E-state index in [0.717, 1.165) is 11.1 Å². The van der Waals surface area contributed by atoms with Crippen molar-refractivity contribution in [1.29, 1.82) is 0 Å².